The molecule has 2 aromatic carbocycles. The van der Waals surface area contributed by atoms with Crippen LogP contribution in [0.3, 0.4) is 0 Å². The molecule has 4 rings (SSSR count). The van der Waals surface area contributed by atoms with Crippen LogP contribution >= 0.6 is 11.6 Å². The number of halogens is 6. The van der Waals surface area contributed by atoms with Crippen molar-refractivity contribution in [1.82, 2.24) is 20.1 Å². The molecule has 1 N–H and O–H groups in total. The molecule has 0 saturated heterocycles. The number of hydrogen-bond acceptors (Lipinski definition) is 4. The van der Waals surface area contributed by atoms with Crippen LogP contribution in [0.4, 0.5) is 22.0 Å². The quantitative estimate of drug-likeness (QED) is 0.559. The zero-order valence-electron chi connectivity index (χ0n) is 18.9. The third kappa shape index (κ3) is 3.42. The Bertz CT molecular complexity index is 1370. The predicted molar refractivity (Wildman–Crippen MR) is 105 cm³/mol. The number of aromatic nitrogens is 3. The lowest BCUT2D eigenvalue weighted by Crippen LogP contribution is -2.20. The molecule has 1 amide bonds. The van der Waals surface area contributed by atoms with Gasteiger partial charge in [-0.25, -0.2) is 18.4 Å². The highest BCUT2D eigenvalue weighted by Crippen LogP contribution is 2.41. The highest BCUT2D eigenvalue weighted by atomic mass is 35.5. The Balaban J connectivity index is 2.03. The molecule has 1 aliphatic heterocycles. The van der Waals surface area contributed by atoms with Gasteiger partial charge in [0.15, 0.2) is 5.82 Å². The molecule has 0 saturated carbocycles. The fourth-order valence-electron chi connectivity index (χ4n) is 3.34. The highest BCUT2D eigenvalue weighted by Gasteiger charge is 2.38. The molecule has 0 radical (unpaired) electrons. The number of nitrogens with one attached hydrogen (secondary N) is 1. The molecule has 32 heavy (non-hydrogen) atoms. The monoisotopic (exact) mass is 472 g/mol. The molecule has 2 heterocycles. The average molecular weight is 473 g/mol. The molecule has 6 nitrogen and oxygen atoms in total. The van der Waals surface area contributed by atoms with E-state index in [9.17, 15) is 26.7 Å². The van der Waals surface area contributed by atoms with E-state index in [0.29, 0.717) is 6.07 Å². The molecule has 0 fully saturated rings. The second-order valence-electron chi connectivity index (χ2n) is 6.73. The molecular weight excluding hydrogens is 457 g/mol. The summed E-state index contributed by atoms with van der Waals surface area (Å²) in [6, 6.07) is 3.38. The van der Waals surface area contributed by atoms with Gasteiger partial charge in [-0.1, -0.05) is 17.7 Å². The van der Waals surface area contributed by atoms with Gasteiger partial charge in [-0.3, -0.25) is 9.79 Å². The van der Waals surface area contributed by atoms with E-state index in [1.165, 1.54) is 6.92 Å². The maximum atomic E-state index is 14.7. The number of carbonyl (C=O) groups is 1. The Kier molecular flexibility index (Phi) is 4.37. The Morgan fingerprint density at radius 1 is 1.19 bits per heavy atom. The number of aliphatic imine (C=N–C) groups is 1. The summed E-state index contributed by atoms with van der Waals surface area (Å²) in [4.78, 5) is 20.5. The number of alkyl halides is 3. The Morgan fingerprint density at radius 2 is 1.88 bits per heavy atom. The zero-order chi connectivity index (χ0) is 25.9. The summed E-state index contributed by atoms with van der Waals surface area (Å²) in [6.45, 7) is -1.46. The van der Waals surface area contributed by atoms with Crippen LogP contribution in [0.1, 0.15) is 50.2 Å². The number of carbonyl (C=O) groups excluding carboxylic acids is 1. The molecule has 1 atom stereocenters. The van der Waals surface area contributed by atoms with Crippen molar-refractivity contribution in [1.29, 1.82) is 0 Å². The van der Waals surface area contributed by atoms with Crippen LogP contribution in [0.5, 0.6) is 0 Å². The average Bonchev–Trinajstić information content (AvgIpc) is 3.12. The van der Waals surface area contributed by atoms with E-state index < -0.39 is 70.0 Å². The first-order valence-electron chi connectivity index (χ1n) is 10.4. The number of hydrogen-bond donors (Lipinski definition) is 1. The summed E-state index contributed by atoms with van der Waals surface area (Å²) < 4.78 is 92.7. The number of rotatable bonds is 2. The first-order valence-corrected chi connectivity index (χ1v) is 9.29. The van der Waals surface area contributed by atoms with Crippen molar-refractivity contribution >= 4 is 23.2 Å². The normalized spacial score (nSPS) is 17.3. The van der Waals surface area contributed by atoms with Crippen molar-refractivity contribution < 1.29 is 30.9 Å². The first-order chi connectivity index (χ1) is 16.2. The van der Waals surface area contributed by atoms with E-state index in [1.54, 1.807) is 5.32 Å². The van der Waals surface area contributed by atoms with Crippen LogP contribution in [0.25, 0.3) is 5.69 Å². The van der Waals surface area contributed by atoms with Crippen molar-refractivity contribution in [2.24, 2.45) is 4.99 Å². The van der Waals surface area contributed by atoms with Crippen LogP contribution in [-0.4, -0.2) is 33.4 Å². The summed E-state index contributed by atoms with van der Waals surface area (Å²) in [6.07, 6.45) is -4.92. The summed E-state index contributed by atoms with van der Waals surface area (Å²) in [5.74, 6) is -4.09. The molecule has 166 valence electrons. The topological polar surface area (TPSA) is 72.2 Å². The Labute approximate surface area is 187 Å². The van der Waals surface area contributed by atoms with Gasteiger partial charge in [0.2, 0.25) is 5.82 Å². The van der Waals surface area contributed by atoms with Crippen molar-refractivity contribution in [2.45, 2.75) is 19.1 Å². The Morgan fingerprint density at radius 3 is 2.50 bits per heavy atom. The maximum absolute atomic E-state index is 14.7. The number of nitrogens with zero attached hydrogens (tertiary/aromatic N) is 4. The van der Waals surface area contributed by atoms with Crippen LogP contribution < -0.4 is 5.32 Å². The van der Waals surface area contributed by atoms with Gasteiger partial charge in [0.25, 0.3) is 5.91 Å². The van der Waals surface area contributed by atoms with E-state index in [2.05, 4.69) is 15.1 Å². The molecule has 1 aliphatic rings. The van der Waals surface area contributed by atoms with Crippen molar-refractivity contribution in [3.63, 3.8) is 0 Å². The minimum absolute atomic E-state index is 0.107. The minimum atomic E-state index is -4.92. The maximum Gasteiger partial charge on any atom is 0.417 e. The van der Waals surface area contributed by atoms with Gasteiger partial charge in [0, 0.05) is 16.7 Å². The van der Waals surface area contributed by atoms with Crippen molar-refractivity contribution in [3.05, 3.63) is 75.3 Å². The molecule has 0 bridgehead atoms. The van der Waals surface area contributed by atoms with Gasteiger partial charge >= 0.3 is 6.18 Å². The minimum Gasteiger partial charge on any atom is -0.352 e. The fraction of sp³-hybridized carbons (Fsp3) is 0.200. The summed E-state index contributed by atoms with van der Waals surface area (Å²) in [7, 11) is 0. The van der Waals surface area contributed by atoms with Gasteiger partial charge in [0.05, 0.1) is 27.5 Å². The first kappa shape index (κ1) is 18.3. The van der Waals surface area contributed by atoms with Gasteiger partial charge in [0.1, 0.15) is 17.7 Å². The number of benzene rings is 2. The SMILES string of the molecule is [2H]C([2H])([2H])NC(=O)c1nc2n(n1)-c1ccc(C(F)(F)F)c(Cl)c1C(c1c(F)cccc1F)=N[C@H]2C. The third-order valence-electron chi connectivity index (χ3n) is 4.74. The second kappa shape index (κ2) is 7.66. The van der Waals surface area contributed by atoms with Crippen molar-refractivity contribution in [3.8, 4) is 5.69 Å². The van der Waals surface area contributed by atoms with Gasteiger partial charge < -0.3 is 5.32 Å². The number of fused-ring (bicyclic) bond motifs is 3. The van der Waals surface area contributed by atoms with E-state index in [4.69, 9.17) is 15.7 Å². The molecular formula is C20H13ClF5N5O. The van der Waals surface area contributed by atoms with Gasteiger partial charge in [-0.05, 0) is 31.2 Å². The lowest BCUT2D eigenvalue weighted by Gasteiger charge is -2.17. The molecule has 0 spiro atoms. The lowest BCUT2D eigenvalue weighted by atomic mass is 9.97. The molecule has 0 unspecified atom stereocenters. The highest BCUT2D eigenvalue weighted by molar-refractivity contribution is 6.37. The van der Waals surface area contributed by atoms with Crippen molar-refractivity contribution in [2.75, 3.05) is 6.98 Å². The summed E-state index contributed by atoms with van der Waals surface area (Å²) >= 11 is 6.14. The van der Waals surface area contributed by atoms with Crippen LogP contribution in [0, 0.1) is 11.6 Å². The largest absolute Gasteiger partial charge is 0.417 e. The van der Waals surface area contributed by atoms with Crippen LogP contribution in [0.15, 0.2) is 35.3 Å². The number of amides is 1. The standard InChI is InChI=1S/C20H13ClF5N5O/c1-8-18-29-17(19(32)27-2)30-31(18)12-7-6-9(20(24,25)26)15(21)14(12)16(28-8)13-10(22)4-3-5-11(13)23/h3-8H,1-2H3,(H,27,32)/t8-/m0/s1/i2D3. The molecule has 1 aromatic heterocycles. The van der Waals surface area contributed by atoms with Gasteiger partial charge in [-0.2, -0.15) is 13.2 Å². The van der Waals surface area contributed by atoms with Gasteiger partial charge in [-0.15, -0.1) is 5.10 Å². The van der Waals surface area contributed by atoms with E-state index in [1.807, 2.05) is 0 Å². The fourth-order valence-corrected chi connectivity index (χ4v) is 3.70. The van der Waals surface area contributed by atoms with E-state index in [-0.39, 0.29) is 11.5 Å². The third-order valence-corrected chi connectivity index (χ3v) is 5.13. The van der Waals surface area contributed by atoms with Crippen LogP contribution in [0.2, 0.25) is 5.02 Å². The molecule has 12 heteroatoms. The van der Waals surface area contributed by atoms with E-state index >= 15 is 0 Å². The Hall–Kier alpha value is -3.34. The van der Waals surface area contributed by atoms with E-state index in [0.717, 1.165) is 28.9 Å². The lowest BCUT2D eigenvalue weighted by molar-refractivity contribution is -0.137. The van der Waals surface area contributed by atoms with Crippen LogP contribution in [-0.2, 0) is 6.18 Å². The summed E-state index contributed by atoms with van der Waals surface area (Å²) in [5, 5.41) is 4.73. The molecule has 0 aliphatic carbocycles. The smallest absolute Gasteiger partial charge is 0.352 e. The second-order valence-corrected chi connectivity index (χ2v) is 7.11. The predicted octanol–water partition coefficient (Wildman–Crippen LogP) is 4.49. The summed E-state index contributed by atoms with van der Waals surface area (Å²) in [5.41, 5.74) is -3.22. The molecule has 3 aromatic rings. The zero-order valence-corrected chi connectivity index (χ0v) is 16.7.